The summed E-state index contributed by atoms with van der Waals surface area (Å²) in [5.74, 6) is 1.07. The first kappa shape index (κ1) is 10.2. The molecule has 0 radical (unpaired) electrons. The van der Waals surface area contributed by atoms with Gasteiger partial charge in [-0.1, -0.05) is 6.92 Å². The van der Waals surface area contributed by atoms with Gasteiger partial charge in [-0.05, 0) is 35.2 Å². The Bertz CT molecular complexity index is 441. The van der Waals surface area contributed by atoms with Gasteiger partial charge in [-0.2, -0.15) is 0 Å². The molecule has 0 bridgehead atoms. The maximum absolute atomic E-state index is 5.83. The molecule has 0 aliphatic rings. The molecule has 0 atom stereocenters. The van der Waals surface area contributed by atoms with Crippen LogP contribution in [0.3, 0.4) is 0 Å². The maximum Gasteiger partial charge on any atom is 0.224 e. The summed E-state index contributed by atoms with van der Waals surface area (Å²) in [7, 11) is 0. The second-order valence-electron chi connectivity index (χ2n) is 2.79. The average molecular weight is 245 g/mol. The van der Waals surface area contributed by atoms with Crippen molar-refractivity contribution in [2.45, 2.75) is 18.4 Å². The Kier molecular flexibility index (Phi) is 3.26. The van der Waals surface area contributed by atoms with E-state index in [2.05, 4.69) is 16.9 Å². The lowest BCUT2D eigenvalue weighted by Crippen LogP contribution is -1.87. The fraction of sp³-hybridized carbons (Fsp3) is 0.333. The molecule has 2 aromatic rings. The quantitative estimate of drug-likeness (QED) is 0.466. The van der Waals surface area contributed by atoms with Crippen LogP contribution >= 0.6 is 34.7 Å². The van der Waals surface area contributed by atoms with Gasteiger partial charge in [0.15, 0.2) is 0 Å². The Hall–Kier alpha value is -0.320. The van der Waals surface area contributed by atoms with Gasteiger partial charge in [0.25, 0.3) is 0 Å². The van der Waals surface area contributed by atoms with Crippen molar-refractivity contribution in [1.29, 1.82) is 0 Å². The molecule has 2 nitrogen and oxygen atoms in total. The molecule has 74 valence electrons. The Morgan fingerprint density at radius 2 is 2.36 bits per heavy atom. The fourth-order valence-electron chi connectivity index (χ4n) is 1.11. The number of aromatic nitrogens is 2. The summed E-state index contributed by atoms with van der Waals surface area (Å²) in [6.45, 7) is 2.15. The number of halogens is 1. The molecule has 0 saturated heterocycles. The number of nitrogens with zero attached hydrogens (tertiary/aromatic N) is 2. The molecule has 0 spiro atoms. The molecule has 2 heterocycles. The molecule has 0 amide bonds. The van der Waals surface area contributed by atoms with Gasteiger partial charge < -0.3 is 0 Å². The summed E-state index contributed by atoms with van der Waals surface area (Å²) in [5.41, 5.74) is 0. The van der Waals surface area contributed by atoms with Crippen molar-refractivity contribution < 1.29 is 0 Å². The van der Waals surface area contributed by atoms with Crippen molar-refractivity contribution in [2.24, 2.45) is 0 Å². The molecule has 0 aliphatic carbocycles. The van der Waals surface area contributed by atoms with Crippen LogP contribution in [0.15, 0.2) is 16.5 Å². The van der Waals surface area contributed by atoms with E-state index in [4.69, 9.17) is 11.6 Å². The summed E-state index contributed by atoms with van der Waals surface area (Å²) in [4.78, 5) is 9.37. The van der Waals surface area contributed by atoms with Gasteiger partial charge in [0.1, 0.15) is 9.86 Å². The first-order valence-electron chi connectivity index (χ1n) is 4.35. The fourth-order valence-corrected chi connectivity index (χ4v) is 3.08. The monoisotopic (exact) mass is 244 g/mol. The van der Waals surface area contributed by atoms with Crippen LogP contribution in [0.2, 0.25) is 5.28 Å². The second-order valence-corrected chi connectivity index (χ2v) is 5.10. The van der Waals surface area contributed by atoms with Crippen molar-refractivity contribution in [3.63, 3.8) is 0 Å². The van der Waals surface area contributed by atoms with E-state index in [-0.39, 0.29) is 0 Å². The lowest BCUT2D eigenvalue weighted by molar-refractivity contribution is 1.08. The van der Waals surface area contributed by atoms with E-state index in [1.54, 1.807) is 23.1 Å². The molecule has 5 heteroatoms. The van der Waals surface area contributed by atoms with E-state index in [1.165, 1.54) is 0 Å². The number of fused-ring (bicyclic) bond motifs is 1. The molecule has 2 aromatic heterocycles. The molecule has 0 unspecified atom stereocenters. The summed E-state index contributed by atoms with van der Waals surface area (Å²) in [6.07, 6.45) is 1.14. The third-order valence-corrected chi connectivity index (χ3v) is 3.88. The van der Waals surface area contributed by atoms with Gasteiger partial charge in [-0.15, -0.1) is 23.1 Å². The third-order valence-electron chi connectivity index (χ3n) is 1.71. The van der Waals surface area contributed by atoms with Crippen LogP contribution in [-0.4, -0.2) is 15.7 Å². The van der Waals surface area contributed by atoms with Gasteiger partial charge >= 0.3 is 0 Å². The molecule has 0 N–H and O–H groups in total. The normalized spacial score (nSPS) is 11.0. The van der Waals surface area contributed by atoms with Gasteiger partial charge in [0.2, 0.25) is 5.28 Å². The third kappa shape index (κ3) is 2.02. The molecule has 0 aliphatic heterocycles. The zero-order valence-corrected chi connectivity index (χ0v) is 10.0. The molecule has 0 aromatic carbocycles. The van der Waals surface area contributed by atoms with Crippen LogP contribution in [0.5, 0.6) is 0 Å². The van der Waals surface area contributed by atoms with E-state index in [0.717, 1.165) is 27.4 Å². The zero-order chi connectivity index (χ0) is 9.97. The Balaban J connectivity index is 2.44. The lowest BCUT2D eigenvalue weighted by atomic mass is 10.4. The predicted molar refractivity (Wildman–Crippen MR) is 63.4 cm³/mol. The van der Waals surface area contributed by atoms with Crippen LogP contribution in [0.25, 0.3) is 10.2 Å². The average Bonchev–Trinajstić information content (AvgIpc) is 2.61. The molecule has 0 fully saturated rings. The summed E-state index contributed by atoms with van der Waals surface area (Å²) >= 11 is 9.17. The van der Waals surface area contributed by atoms with E-state index >= 15 is 0 Å². The summed E-state index contributed by atoms with van der Waals surface area (Å²) < 4.78 is 0. The number of rotatable bonds is 3. The van der Waals surface area contributed by atoms with Crippen molar-refractivity contribution in [3.05, 3.63) is 16.7 Å². The first-order chi connectivity index (χ1) is 6.81. The van der Waals surface area contributed by atoms with Gasteiger partial charge in [-0.25, -0.2) is 9.97 Å². The highest BCUT2D eigenvalue weighted by molar-refractivity contribution is 7.99. The van der Waals surface area contributed by atoms with E-state index in [0.29, 0.717) is 5.28 Å². The molecule has 0 saturated carbocycles. The number of hydrogen-bond donors (Lipinski definition) is 0. The van der Waals surface area contributed by atoms with Gasteiger partial charge in [0, 0.05) is 5.39 Å². The van der Waals surface area contributed by atoms with E-state index in [1.807, 2.05) is 11.4 Å². The van der Waals surface area contributed by atoms with Crippen molar-refractivity contribution >= 4 is 44.9 Å². The maximum atomic E-state index is 5.83. The van der Waals surface area contributed by atoms with Crippen LogP contribution < -0.4 is 0 Å². The smallest absolute Gasteiger partial charge is 0.211 e. The van der Waals surface area contributed by atoms with Gasteiger partial charge in [-0.3, -0.25) is 0 Å². The zero-order valence-electron chi connectivity index (χ0n) is 7.66. The molecule has 2 rings (SSSR count). The van der Waals surface area contributed by atoms with Crippen LogP contribution in [0, 0.1) is 0 Å². The minimum atomic E-state index is 0.346. The highest BCUT2D eigenvalue weighted by Gasteiger charge is 2.07. The van der Waals surface area contributed by atoms with Gasteiger partial charge in [0.05, 0.1) is 0 Å². The van der Waals surface area contributed by atoms with E-state index < -0.39 is 0 Å². The highest BCUT2D eigenvalue weighted by Crippen LogP contribution is 2.29. The summed E-state index contributed by atoms with van der Waals surface area (Å²) in [5, 5.41) is 4.49. The number of hydrogen-bond acceptors (Lipinski definition) is 4. The highest BCUT2D eigenvalue weighted by atomic mass is 35.5. The topological polar surface area (TPSA) is 25.8 Å². The molecule has 14 heavy (non-hydrogen) atoms. The van der Waals surface area contributed by atoms with Crippen LogP contribution in [-0.2, 0) is 0 Å². The van der Waals surface area contributed by atoms with Crippen LogP contribution in [0.1, 0.15) is 13.3 Å². The van der Waals surface area contributed by atoms with E-state index in [9.17, 15) is 0 Å². The predicted octanol–water partition coefficient (Wildman–Crippen LogP) is 3.85. The molecular formula is C9H9ClN2S2. The Labute approximate surface area is 95.7 Å². The summed E-state index contributed by atoms with van der Waals surface area (Å²) in [6, 6.07) is 2.05. The SMILES string of the molecule is CCCSc1nc(Cl)nc2sccc12. The van der Waals surface area contributed by atoms with Crippen molar-refractivity contribution in [2.75, 3.05) is 5.75 Å². The van der Waals surface area contributed by atoms with Crippen molar-refractivity contribution in [3.8, 4) is 0 Å². The largest absolute Gasteiger partial charge is 0.224 e. The molecular weight excluding hydrogens is 236 g/mol. The number of thiophene rings is 1. The van der Waals surface area contributed by atoms with Crippen molar-refractivity contribution in [1.82, 2.24) is 9.97 Å². The minimum absolute atomic E-state index is 0.346. The van der Waals surface area contributed by atoms with Crippen LogP contribution in [0.4, 0.5) is 0 Å². The lowest BCUT2D eigenvalue weighted by Gasteiger charge is -2.00. The Morgan fingerprint density at radius 1 is 1.50 bits per heavy atom. The first-order valence-corrected chi connectivity index (χ1v) is 6.59. The minimum Gasteiger partial charge on any atom is -0.211 e. The second kappa shape index (κ2) is 4.47. The Morgan fingerprint density at radius 3 is 3.14 bits per heavy atom. The standard InChI is InChI=1S/C9H9ClN2S2/c1-2-4-13-7-6-3-5-14-8(6)12-9(10)11-7/h3,5H,2,4H2,1H3. The number of thioether (sulfide) groups is 1.